The third kappa shape index (κ3) is 3.77. The van der Waals surface area contributed by atoms with Crippen molar-refractivity contribution in [3.63, 3.8) is 0 Å². The summed E-state index contributed by atoms with van der Waals surface area (Å²) in [4.78, 5) is 11.7. The van der Waals surface area contributed by atoms with Gasteiger partial charge in [-0.2, -0.15) is 0 Å². The number of benzene rings is 1. The van der Waals surface area contributed by atoms with Crippen LogP contribution in [0, 0.1) is 9.49 Å². The van der Waals surface area contributed by atoms with Gasteiger partial charge in [-0.05, 0) is 59.5 Å². The summed E-state index contributed by atoms with van der Waals surface area (Å²) in [5.74, 6) is 1.00. The first-order valence-corrected chi connectivity index (χ1v) is 6.87. The first-order chi connectivity index (χ1) is 7.75. The minimum atomic E-state index is 0.0503. The second kappa shape index (κ2) is 5.66. The van der Waals surface area contributed by atoms with Gasteiger partial charge in [-0.15, -0.1) is 0 Å². The highest BCUT2D eigenvalue weighted by Crippen LogP contribution is 2.33. The molecule has 86 valence electrons. The van der Waals surface area contributed by atoms with Gasteiger partial charge in [0.15, 0.2) is 0 Å². The Hall–Kier alpha value is -0.580. The van der Waals surface area contributed by atoms with Gasteiger partial charge >= 0.3 is 0 Å². The summed E-state index contributed by atoms with van der Waals surface area (Å²) in [5.41, 5.74) is 0.762. The number of halogens is 1. The number of carbonyl (C=O) groups excluding carboxylic acids is 1. The van der Waals surface area contributed by atoms with E-state index in [1.54, 1.807) is 0 Å². The maximum absolute atomic E-state index is 11.7. The van der Waals surface area contributed by atoms with Crippen molar-refractivity contribution in [1.82, 2.24) is 5.32 Å². The molecule has 0 radical (unpaired) electrons. The predicted molar refractivity (Wildman–Crippen MR) is 73.5 cm³/mol. The van der Waals surface area contributed by atoms with Crippen LogP contribution in [0.1, 0.15) is 36.0 Å². The van der Waals surface area contributed by atoms with E-state index in [4.69, 9.17) is 0 Å². The molecule has 0 heterocycles. The molecule has 1 N–H and O–H groups in total. The zero-order valence-corrected chi connectivity index (χ0v) is 11.4. The van der Waals surface area contributed by atoms with Crippen LogP contribution in [0.5, 0.6) is 0 Å². The molecule has 0 spiro atoms. The third-order valence-electron chi connectivity index (χ3n) is 2.86. The Morgan fingerprint density at radius 2 is 2.25 bits per heavy atom. The number of nitrogens with one attached hydrogen (secondary N) is 1. The average Bonchev–Trinajstić information content (AvgIpc) is 3.08. The molecule has 2 rings (SSSR count). The lowest BCUT2D eigenvalue weighted by atomic mass is 10.2. The molecule has 1 saturated carbocycles. The smallest absolute Gasteiger partial charge is 0.251 e. The first kappa shape index (κ1) is 11.9. The van der Waals surface area contributed by atoms with E-state index in [-0.39, 0.29) is 5.91 Å². The van der Waals surface area contributed by atoms with Crippen LogP contribution < -0.4 is 5.32 Å². The van der Waals surface area contributed by atoms with Crippen LogP contribution in [0.3, 0.4) is 0 Å². The zero-order chi connectivity index (χ0) is 11.4. The largest absolute Gasteiger partial charge is 0.352 e. The van der Waals surface area contributed by atoms with Crippen LogP contribution in [0.25, 0.3) is 0 Å². The van der Waals surface area contributed by atoms with Crippen LogP contribution in [0.15, 0.2) is 24.3 Å². The van der Waals surface area contributed by atoms with Crippen LogP contribution in [0.4, 0.5) is 0 Å². The van der Waals surface area contributed by atoms with E-state index in [1.807, 2.05) is 24.3 Å². The minimum absolute atomic E-state index is 0.0503. The van der Waals surface area contributed by atoms with Crippen LogP contribution in [-0.2, 0) is 0 Å². The summed E-state index contributed by atoms with van der Waals surface area (Å²) in [5, 5.41) is 2.97. The van der Waals surface area contributed by atoms with Gasteiger partial charge in [-0.25, -0.2) is 0 Å². The van der Waals surface area contributed by atoms with E-state index in [0.717, 1.165) is 28.0 Å². The Bertz CT molecular complexity index is 374. The number of hydrogen-bond acceptors (Lipinski definition) is 1. The molecule has 1 aromatic rings. The Kier molecular flexibility index (Phi) is 4.21. The fraction of sp³-hybridized carbons (Fsp3) is 0.462. The Morgan fingerprint density at radius 1 is 1.44 bits per heavy atom. The molecule has 0 aliphatic heterocycles. The number of amides is 1. The second-order valence-corrected chi connectivity index (χ2v) is 5.60. The maximum Gasteiger partial charge on any atom is 0.251 e. The van der Waals surface area contributed by atoms with Crippen molar-refractivity contribution in [3.05, 3.63) is 33.4 Å². The lowest BCUT2D eigenvalue weighted by Gasteiger charge is -2.05. The minimum Gasteiger partial charge on any atom is -0.352 e. The number of carbonyl (C=O) groups is 1. The van der Waals surface area contributed by atoms with Crippen molar-refractivity contribution in [3.8, 4) is 0 Å². The lowest BCUT2D eigenvalue weighted by Crippen LogP contribution is -2.24. The molecule has 0 bridgehead atoms. The monoisotopic (exact) mass is 329 g/mol. The molecule has 1 aliphatic rings. The van der Waals surface area contributed by atoms with Crippen molar-refractivity contribution >= 4 is 28.5 Å². The quantitative estimate of drug-likeness (QED) is 0.652. The molecular formula is C13H16INO. The van der Waals surface area contributed by atoms with Gasteiger partial charge in [0, 0.05) is 15.7 Å². The second-order valence-electron chi connectivity index (χ2n) is 4.35. The van der Waals surface area contributed by atoms with Gasteiger partial charge in [-0.1, -0.05) is 18.9 Å². The maximum atomic E-state index is 11.7. The highest BCUT2D eigenvalue weighted by Gasteiger charge is 2.20. The van der Waals surface area contributed by atoms with Crippen molar-refractivity contribution < 1.29 is 4.79 Å². The fourth-order valence-electron chi connectivity index (χ4n) is 1.73. The van der Waals surface area contributed by atoms with E-state index in [0.29, 0.717) is 0 Å². The molecule has 1 amide bonds. The summed E-state index contributed by atoms with van der Waals surface area (Å²) >= 11 is 2.22. The molecule has 0 saturated heterocycles. The van der Waals surface area contributed by atoms with Gasteiger partial charge in [0.25, 0.3) is 5.91 Å². The van der Waals surface area contributed by atoms with E-state index < -0.39 is 0 Å². The van der Waals surface area contributed by atoms with Gasteiger partial charge in [0.2, 0.25) is 0 Å². The molecule has 16 heavy (non-hydrogen) atoms. The van der Waals surface area contributed by atoms with E-state index in [1.165, 1.54) is 19.3 Å². The van der Waals surface area contributed by atoms with Gasteiger partial charge in [0.05, 0.1) is 0 Å². The summed E-state index contributed by atoms with van der Waals surface area (Å²) < 4.78 is 1.10. The lowest BCUT2D eigenvalue weighted by molar-refractivity contribution is 0.0952. The highest BCUT2D eigenvalue weighted by molar-refractivity contribution is 14.1. The molecule has 0 unspecified atom stereocenters. The van der Waals surface area contributed by atoms with Crippen molar-refractivity contribution in [2.45, 2.75) is 25.7 Å². The average molecular weight is 329 g/mol. The molecule has 0 atom stereocenters. The fourth-order valence-corrected chi connectivity index (χ4v) is 2.27. The Morgan fingerprint density at radius 3 is 2.94 bits per heavy atom. The van der Waals surface area contributed by atoms with Gasteiger partial charge < -0.3 is 5.32 Å². The van der Waals surface area contributed by atoms with Crippen LogP contribution in [-0.4, -0.2) is 12.5 Å². The number of hydrogen-bond donors (Lipinski definition) is 1. The predicted octanol–water partition coefficient (Wildman–Crippen LogP) is 3.21. The Labute approximate surface area is 110 Å². The van der Waals surface area contributed by atoms with Crippen LogP contribution >= 0.6 is 22.6 Å². The van der Waals surface area contributed by atoms with Crippen LogP contribution in [0.2, 0.25) is 0 Å². The van der Waals surface area contributed by atoms with Gasteiger partial charge in [0.1, 0.15) is 0 Å². The molecule has 1 aromatic carbocycles. The van der Waals surface area contributed by atoms with Crippen molar-refractivity contribution in [2.24, 2.45) is 5.92 Å². The van der Waals surface area contributed by atoms with Gasteiger partial charge in [-0.3, -0.25) is 4.79 Å². The molecule has 0 aromatic heterocycles. The summed E-state index contributed by atoms with van der Waals surface area (Å²) in [7, 11) is 0. The third-order valence-corrected chi connectivity index (χ3v) is 3.53. The molecule has 3 heteroatoms. The molecular weight excluding hydrogens is 313 g/mol. The standard InChI is InChI=1S/C13H16INO/c14-12-5-1-4-11(9-12)13(16)15-8-2-3-10-6-7-10/h1,4-5,9-10H,2-3,6-8H2,(H,15,16). The SMILES string of the molecule is O=C(NCCCC1CC1)c1cccc(I)c1. The van der Waals surface area contributed by atoms with E-state index in [2.05, 4.69) is 27.9 Å². The normalized spacial score (nSPS) is 14.8. The Balaban J connectivity index is 1.73. The summed E-state index contributed by atoms with van der Waals surface area (Å²) in [6.07, 6.45) is 5.17. The summed E-state index contributed by atoms with van der Waals surface area (Å²) in [6.45, 7) is 0.806. The molecule has 1 fully saturated rings. The van der Waals surface area contributed by atoms with Crippen molar-refractivity contribution in [2.75, 3.05) is 6.54 Å². The number of rotatable bonds is 5. The molecule has 1 aliphatic carbocycles. The topological polar surface area (TPSA) is 29.1 Å². The molecule has 2 nitrogen and oxygen atoms in total. The van der Waals surface area contributed by atoms with E-state index in [9.17, 15) is 4.79 Å². The summed E-state index contributed by atoms with van der Waals surface area (Å²) in [6, 6.07) is 7.68. The first-order valence-electron chi connectivity index (χ1n) is 5.79. The van der Waals surface area contributed by atoms with Crippen molar-refractivity contribution in [1.29, 1.82) is 0 Å². The van der Waals surface area contributed by atoms with E-state index >= 15 is 0 Å². The zero-order valence-electron chi connectivity index (χ0n) is 9.21. The highest BCUT2D eigenvalue weighted by atomic mass is 127.